The fourth-order valence-electron chi connectivity index (χ4n) is 0.651. The predicted molar refractivity (Wildman–Crippen MR) is 49.9 cm³/mol. The van der Waals surface area contributed by atoms with Crippen LogP contribution in [0.3, 0.4) is 0 Å². The van der Waals surface area contributed by atoms with E-state index in [2.05, 4.69) is 13.8 Å². The van der Waals surface area contributed by atoms with Crippen LogP contribution in [-0.2, 0) is 9.53 Å². The molecule has 0 unspecified atom stereocenters. The molecule has 0 saturated heterocycles. The minimum absolute atomic E-state index is 0.0501. The van der Waals surface area contributed by atoms with Gasteiger partial charge in [-0.15, -0.1) is 0 Å². The van der Waals surface area contributed by atoms with E-state index in [1.165, 1.54) is 0 Å². The molecular weight excluding hydrogens is 152 g/mol. The quantitative estimate of drug-likeness (QED) is 0.596. The van der Waals surface area contributed by atoms with Gasteiger partial charge in [0.15, 0.2) is 0 Å². The summed E-state index contributed by atoms with van der Waals surface area (Å²) in [7, 11) is 0. The van der Waals surface area contributed by atoms with Crippen molar-refractivity contribution in [2.45, 2.75) is 40.5 Å². The molecule has 2 nitrogen and oxygen atoms in total. The van der Waals surface area contributed by atoms with Crippen molar-refractivity contribution in [1.82, 2.24) is 0 Å². The third-order valence-corrected chi connectivity index (χ3v) is 2.22. The van der Waals surface area contributed by atoms with Crippen LogP contribution in [0.4, 0.5) is 0 Å². The zero-order chi connectivity index (χ0) is 9.56. The van der Waals surface area contributed by atoms with Crippen LogP contribution in [0.1, 0.15) is 40.5 Å². The lowest BCUT2D eigenvalue weighted by Gasteiger charge is -2.12. The first-order valence-corrected chi connectivity index (χ1v) is 4.78. The molecule has 0 aromatic carbocycles. The monoisotopic (exact) mass is 172 g/mol. The number of rotatable bonds is 5. The van der Waals surface area contributed by atoms with Gasteiger partial charge >= 0.3 is 5.97 Å². The Morgan fingerprint density at radius 1 is 1.25 bits per heavy atom. The summed E-state index contributed by atoms with van der Waals surface area (Å²) < 4.78 is 5.11. The lowest BCUT2D eigenvalue weighted by molar-refractivity contribution is -0.149. The van der Waals surface area contributed by atoms with E-state index in [0.29, 0.717) is 12.5 Å². The second-order valence-electron chi connectivity index (χ2n) is 3.45. The Kier molecular flexibility index (Phi) is 5.77. The molecule has 2 heteroatoms. The highest BCUT2D eigenvalue weighted by atomic mass is 16.5. The molecule has 0 radical (unpaired) electrons. The number of esters is 1. The summed E-state index contributed by atoms with van der Waals surface area (Å²) in [4.78, 5) is 11.2. The van der Waals surface area contributed by atoms with E-state index in [1.54, 1.807) is 0 Å². The Morgan fingerprint density at radius 2 is 1.83 bits per heavy atom. The smallest absolute Gasteiger partial charge is 0.308 e. The Labute approximate surface area is 75.3 Å². The van der Waals surface area contributed by atoms with Gasteiger partial charge in [-0.2, -0.15) is 0 Å². The zero-order valence-electron chi connectivity index (χ0n) is 8.59. The van der Waals surface area contributed by atoms with Crippen LogP contribution in [0.5, 0.6) is 0 Å². The molecule has 0 aliphatic rings. The highest BCUT2D eigenvalue weighted by molar-refractivity contribution is 5.71. The molecule has 0 aliphatic heterocycles. The summed E-state index contributed by atoms with van der Waals surface area (Å²) in [6, 6.07) is 0. The fourth-order valence-corrected chi connectivity index (χ4v) is 0.651. The van der Waals surface area contributed by atoms with Crippen molar-refractivity contribution in [3.63, 3.8) is 0 Å². The standard InChI is InChI=1S/C10H20O2/c1-5-8(3)7-12-10(11)9(4)6-2/h8-9H,5-7H2,1-4H3/t8-,9+/m0/s1. The first kappa shape index (κ1) is 11.5. The Morgan fingerprint density at radius 3 is 2.25 bits per heavy atom. The van der Waals surface area contributed by atoms with Gasteiger partial charge in [0.25, 0.3) is 0 Å². The van der Waals surface area contributed by atoms with Crippen molar-refractivity contribution >= 4 is 5.97 Å². The first-order chi connectivity index (χ1) is 5.61. The van der Waals surface area contributed by atoms with Gasteiger partial charge in [0.2, 0.25) is 0 Å². The van der Waals surface area contributed by atoms with E-state index in [9.17, 15) is 4.79 Å². The van der Waals surface area contributed by atoms with Gasteiger partial charge in [-0.3, -0.25) is 4.79 Å². The lowest BCUT2D eigenvalue weighted by Crippen LogP contribution is -2.17. The van der Waals surface area contributed by atoms with Crippen molar-refractivity contribution in [3.8, 4) is 0 Å². The normalized spacial score (nSPS) is 15.3. The van der Waals surface area contributed by atoms with Crippen molar-refractivity contribution < 1.29 is 9.53 Å². The van der Waals surface area contributed by atoms with Crippen LogP contribution in [0.15, 0.2) is 0 Å². The summed E-state index contributed by atoms with van der Waals surface area (Å²) in [5.74, 6) is 0.477. The highest BCUT2D eigenvalue weighted by Crippen LogP contribution is 2.06. The molecular formula is C10H20O2. The molecule has 0 N–H and O–H groups in total. The van der Waals surface area contributed by atoms with E-state index in [4.69, 9.17) is 4.74 Å². The number of carbonyl (C=O) groups is 1. The molecule has 72 valence electrons. The van der Waals surface area contributed by atoms with Crippen LogP contribution in [-0.4, -0.2) is 12.6 Å². The molecule has 0 spiro atoms. The average Bonchev–Trinajstić information content (AvgIpc) is 2.11. The molecule has 2 atom stereocenters. The molecule has 0 fully saturated rings. The molecule has 0 aromatic rings. The van der Waals surface area contributed by atoms with Gasteiger partial charge in [0.05, 0.1) is 12.5 Å². The first-order valence-electron chi connectivity index (χ1n) is 4.78. The fraction of sp³-hybridized carbons (Fsp3) is 0.900. The molecule has 0 bridgehead atoms. The molecule has 0 aromatic heterocycles. The van der Waals surface area contributed by atoms with Crippen molar-refractivity contribution in [2.75, 3.05) is 6.61 Å². The summed E-state index contributed by atoms with van der Waals surface area (Å²) in [6.07, 6.45) is 1.92. The van der Waals surface area contributed by atoms with Crippen molar-refractivity contribution in [2.24, 2.45) is 11.8 Å². The molecule has 0 saturated carbocycles. The zero-order valence-corrected chi connectivity index (χ0v) is 8.59. The molecule has 0 aliphatic carbocycles. The second kappa shape index (κ2) is 6.04. The van der Waals surface area contributed by atoms with Gasteiger partial charge in [-0.1, -0.05) is 34.1 Å². The number of ether oxygens (including phenoxy) is 1. The van der Waals surface area contributed by atoms with Gasteiger partial charge in [0, 0.05) is 0 Å². The number of hydrogen-bond donors (Lipinski definition) is 0. The van der Waals surface area contributed by atoms with Crippen LogP contribution >= 0.6 is 0 Å². The van der Waals surface area contributed by atoms with Crippen LogP contribution in [0.25, 0.3) is 0 Å². The largest absolute Gasteiger partial charge is 0.465 e. The second-order valence-corrected chi connectivity index (χ2v) is 3.45. The molecule has 0 rings (SSSR count). The van der Waals surface area contributed by atoms with Gasteiger partial charge < -0.3 is 4.74 Å². The lowest BCUT2D eigenvalue weighted by atomic mass is 10.1. The van der Waals surface area contributed by atoms with Crippen LogP contribution in [0.2, 0.25) is 0 Å². The van der Waals surface area contributed by atoms with Gasteiger partial charge in [-0.25, -0.2) is 0 Å². The van der Waals surface area contributed by atoms with Gasteiger partial charge in [-0.05, 0) is 12.3 Å². The van der Waals surface area contributed by atoms with Gasteiger partial charge in [0.1, 0.15) is 0 Å². The molecule has 12 heavy (non-hydrogen) atoms. The Balaban J connectivity index is 3.56. The summed E-state index contributed by atoms with van der Waals surface area (Å²) in [5, 5.41) is 0. The van der Waals surface area contributed by atoms with E-state index in [0.717, 1.165) is 12.8 Å². The maximum atomic E-state index is 11.2. The van der Waals surface area contributed by atoms with Crippen LogP contribution < -0.4 is 0 Å². The van der Waals surface area contributed by atoms with E-state index in [1.807, 2.05) is 13.8 Å². The number of carbonyl (C=O) groups excluding carboxylic acids is 1. The van der Waals surface area contributed by atoms with E-state index in [-0.39, 0.29) is 11.9 Å². The Hall–Kier alpha value is -0.530. The molecule has 0 amide bonds. The topological polar surface area (TPSA) is 26.3 Å². The summed E-state index contributed by atoms with van der Waals surface area (Å²) in [6.45, 7) is 8.65. The predicted octanol–water partition coefficient (Wildman–Crippen LogP) is 2.62. The maximum Gasteiger partial charge on any atom is 0.308 e. The summed E-state index contributed by atoms with van der Waals surface area (Å²) in [5.41, 5.74) is 0. The van der Waals surface area contributed by atoms with Crippen molar-refractivity contribution in [1.29, 1.82) is 0 Å². The van der Waals surface area contributed by atoms with E-state index >= 15 is 0 Å². The minimum Gasteiger partial charge on any atom is -0.465 e. The summed E-state index contributed by atoms with van der Waals surface area (Å²) >= 11 is 0. The maximum absolute atomic E-state index is 11.2. The van der Waals surface area contributed by atoms with E-state index < -0.39 is 0 Å². The SMILES string of the molecule is CC[C@H](C)COC(=O)[C@H](C)CC. The van der Waals surface area contributed by atoms with Crippen LogP contribution in [0, 0.1) is 11.8 Å². The average molecular weight is 172 g/mol. The van der Waals surface area contributed by atoms with Crippen molar-refractivity contribution in [3.05, 3.63) is 0 Å². The minimum atomic E-state index is -0.0576. The molecule has 0 heterocycles. The number of hydrogen-bond acceptors (Lipinski definition) is 2. The highest BCUT2D eigenvalue weighted by Gasteiger charge is 2.12. The Bertz CT molecular complexity index is 132. The third kappa shape index (κ3) is 4.37. The third-order valence-electron chi connectivity index (χ3n) is 2.22.